The Hall–Kier alpha value is -1.80. The molecular weight excluding hydrogens is 360 g/mol. The quantitative estimate of drug-likeness (QED) is 0.823. The molecule has 2 unspecified atom stereocenters. The van der Waals surface area contributed by atoms with Crippen LogP contribution in [0, 0.1) is 0 Å². The fraction of sp³-hybridized carbons (Fsp3) is 0.455. The second kappa shape index (κ2) is 9.13. The molecule has 1 N–H and O–H groups in total. The van der Waals surface area contributed by atoms with Crippen molar-refractivity contribution in [1.82, 2.24) is 0 Å². The summed E-state index contributed by atoms with van der Waals surface area (Å²) in [6.45, 7) is 2.93. The van der Waals surface area contributed by atoms with Gasteiger partial charge in [-0.3, -0.25) is 0 Å². The third kappa shape index (κ3) is 4.60. The fourth-order valence-electron chi connectivity index (χ4n) is 3.59. The van der Waals surface area contributed by atoms with Crippen LogP contribution in [0.4, 0.5) is 0 Å². The van der Waals surface area contributed by atoms with Crippen molar-refractivity contribution in [3.05, 3.63) is 71.8 Å². The normalized spacial score (nSPS) is 32.6. The van der Waals surface area contributed by atoms with Crippen molar-refractivity contribution in [2.75, 3.05) is 6.61 Å². The zero-order valence-electron chi connectivity index (χ0n) is 15.8. The van der Waals surface area contributed by atoms with Crippen molar-refractivity contribution in [1.29, 1.82) is 0 Å². The van der Waals surface area contributed by atoms with Crippen LogP contribution in [0.25, 0.3) is 0 Å². The summed E-state index contributed by atoms with van der Waals surface area (Å²) in [7, 11) is 0. The first-order chi connectivity index (χ1) is 13.7. The first-order valence-corrected chi connectivity index (χ1v) is 9.62. The van der Waals surface area contributed by atoms with Crippen LogP contribution in [0.15, 0.2) is 60.7 Å². The van der Waals surface area contributed by atoms with Crippen LogP contribution < -0.4 is 0 Å². The highest BCUT2D eigenvalue weighted by Crippen LogP contribution is 2.32. The second-order valence-corrected chi connectivity index (χ2v) is 7.09. The number of ether oxygens (including phenoxy) is 5. The van der Waals surface area contributed by atoms with E-state index in [4.69, 9.17) is 23.7 Å². The van der Waals surface area contributed by atoms with Crippen molar-refractivity contribution in [3.63, 3.8) is 0 Å². The van der Waals surface area contributed by atoms with E-state index < -0.39 is 24.6 Å². The van der Waals surface area contributed by atoms with Crippen LogP contribution in [0.3, 0.4) is 0 Å². The number of benzene rings is 2. The van der Waals surface area contributed by atoms with E-state index in [0.29, 0.717) is 19.8 Å². The molecule has 2 saturated heterocycles. The van der Waals surface area contributed by atoms with E-state index in [2.05, 4.69) is 0 Å². The van der Waals surface area contributed by atoms with Crippen molar-refractivity contribution < 1.29 is 28.8 Å². The summed E-state index contributed by atoms with van der Waals surface area (Å²) in [5.74, 6) is 0. The number of aliphatic hydroxyl groups is 1. The number of aliphatic hydroxyl groups excluding tert-OH is 1. The standard InChI is InChI=1S/C22H26O6/c1-15-24-14-18-19(27-15)20(25-12-16-8-4-2-5-9-16)21(22(23)28-18)26-13-17-10-6-3-7-11-17/h2-11,15,18-23H,12-14H2,1H3/t15?,18-,19-,20+,21-,22?/m1/s1. The Morgan fingerprint density at radius 2 is 1.43 bits per heavy atom. The molecule has 150 valence electrons. The molecule has 2 fully saturated rings. The van der Waals surface area contributed by atoms with E-state index in [-0.39, 0.29) is 12.4 Å². The molecule has 0 spiro atoms. The molecule has 0 radical (unpaired) electrons. The van der Waals surface area contributed by atoms with Crippen molar-refractivity contribution >= 4 is 0 Å². The van der Waals surface area contributed by atoms with Crippen molar-refractivity contribution in [2.24, 2.45) is 0 Å². The monoisotopic (exact) mass is 386 g/mol. The summed E-state index contributed by atoms with van der Waals surface area (Å²) >= 11 is 0. The van der Waals surface area contributed by atoms with Crippen LogP contribution >= 0.6 is 0 Å². The minimum absolute atomic E-state index is 0.347. The van der Waals surface area contributed by atoms with Crippen molar-refractivity contribution in [3.8, 4) is 0 Å². The molecule has 4 rings (SSSR count). The van der Waals surface area contributed by atoms with Gasteiger partial charge in [-0.25, -0.2) is 0 Å². The van der Waals surface area contributed by atoms with Gasteiger partial charge in [0.2, 0.25) is 0 Å². The van der Waals surface area contributed by atoms with E-state index in [0.717, 1.165) is 11.1 Å². The lowest BCUT2D eigenvalue weighted by atomic mass is 9.97. The Bertz CT molecular complexity index is 724. The Kier molecular flexibility index (Phi) is 6.36. The molecule has 6 atom stereocenters. The Balaban J connectivity index is 1.50. The molecule has 2 aromatic rings. The maximum Gasteiger partial charge on any atom is 0.184 e. The summed E-state index contributed by atoms with van der Waals surface area (Å²) < 4.78 is 29.5. The summed E-state index contributed by atoms with van der Waals surface area (Å²) in [4.78, 5) is 0. The van der Waals surface area contributed by atoms with Crippen LogP contribution in [-0.2, 0) is 36.9 Å². The molecule has 0 saturated carbocycles. The predicted octanol–water partition coefficient (Wildman–Crippen LogP) is 2.64. The van der Waals surface area contributed by atoms with Crippen LogP contribution in [-0.4, -0.2) is 48.7 Å². The van der Waals surface area contributed by atoms with Gasteiger partial charge in [0.1, 0.15) is 24.4 Å². The molecule has 0 bridgehead atoms. The van der Waals surface area contributed by atoms with Gasteiger partial charge in [0.25, 0.3) is 0 Å². The molecule has 6 nitrogen and oxygen atoms in total. The van der Waals surface area contributed by atoms with E-state index >= 15 is 0 Å². The highest BCUT2D eigenvalue weighted by molar-refractivity contribution is 5.14. The van der Waals surface area contributed by atoms with Gasteiger partial charge in [-0.05, 0) is 18.1 Å². The maximum atomic E-state index is 10.6. The SMILES string of the molecule is CC1OC[C@H]2OC(O)[C@H](OCc3ccccc3)[C@@H](OCc3ccccc3)[C@@H]2O1. The fourth-order valence-corrected chi connectivity index (χ4v) is 3.59. The molecule has 2 heterocycles. The molecule has 2 aliphatic heterocycles. The molecule has 0 aliphatic carbocycles. The van der Waals surface area contributed by atoms with E-state index in [1.165, 1.54) is 0 Å². The van der Waals surface area contributed by atoms with Gasteiger partial charge in [0, 0.05) is 0 Å². The molecule has 6 heteroatoms. The maximum absolute atomic E-state index is 10.6. The van der Waals surface area contributed by atoms with Crippen LogP contribution in [0.1, 0.15) is 18.1 Å². The molecule has 2 aliphatic rings. The van der Waals surface area contributed by atoms with Gasteiger partial charge < -0.3 is 28.8 Å². The van der Waals surface area contributed by atoms with Crippen molar-refractivity contribution in [2.45, 2.75) is 57.1 Å². The lowest BCUT2D eigenvalue weighted by Crippen LogP contribution is -2.63. The zero-order chi connectivity index (χ0) is 19.3. The van der Waals surface area contributed by atoms with E-state index in [1.807, 2.05) is 67.6 Å². The van der Waals surface area contributed by atoms with Gasteiger partial charge >= 0.3 is 0 Å². The molecular formula is C22H26O6. The summed E-state index contributed by atoms with van der Waals surface area (Å²) in [6.07, 6.45) is -3.41. The zero-order valence-corrected chi connectivity index (χ0v) is 15.8. The highest BCUT2D eigenvalue weighted by atomic mass is 16.7. The number of fused-ring (bicyclic) bond motifs is 1. The molecule has 0 aromatic heterocycles. The smallest absolute Gasteiger partial charge is 0.184 e. The molecule has 0 amide bonds. The first kappa shape index (κ1) is 19.5. The summed E-state index contributed by atoms with van der Waals surface area (Å²) in [6, 6.07) is 19.7. The number of hydrogen-bond donors (Lipinski definition) is 1. The summed E-state index contributed by atoms with van der Waals surface area (Å²) in [5, 5.41) is 10.6. The van der Waals surface area contributed by atoms with Crippen LogP contribution in [0.2, 0.25) is 0 Å². The third-order valence-corrected chi connectivity index (χ3v) is 5.02. The lowest BCUT2D eigenvalue weighted by molar-refractivity contribution is -0.361. The number of hydrogen-bond acceptors (Lipinski definition) is 6. The van der Waals surface area contributed by atoms with E-state index in [1.54, 1.807) is 0 Å². The Morgan fingerprint density at radius 3 is 2.04 bits per heavy atom. The minimum atomic E-state index is -1.12. The summed E-state index contributed by atoms with van der Waals surface area (Å²) in [5.41, 5.74) is 2.06. The van der Waals surface area contributed by atoms with Gasteiger partial charge in [0.15, 0.2) is 12.6 Å². The molecule has 2 aromatic carbocycles. The predicted molar refractivity (Wildman–Crippen MR) is 101 cm³/mol. The molecule has 28 heavy (non-hydrogen) atoms. The lowest BCUT2D eigenvalue weighted by Gasteiger charge is -2.47. The van der Waals surface area contributed by atoms with Crippen LogP contribution in [0.5, 0.6) is 0 Å². The van der Waals surface area contributed by atoms with Gasteiger partial charge in [-0.1, -0.05) is 60.7 Å². The first-order valence-electron chi connectivity index (χ1n) is 9.62. The largest absolute Gasteiger partial charge is 0.368 e. The van der Waals surface area contributed by atoms with E-state index in [9.17, 15) is 5.11 Å². The topological polar surface area (TPSA) is 66.4 Å². The average molecular weight is 386 g/mol. The second-order valence-electron chi connectivity index (χ2n) is 7.09. The Labute approximate surface area is 164 Å². The van der Waals surface area contributed by atoms with Gasteiger partial charge in [-0.2, -0.15) is 0 Å². The van der Waals surface area contributed by atoms with Gasteiger partial charge in [0.05, 0.1) is 19.8 Å². The number of rotatable bonds is 6. The average Bonchev–Trinajstić information content (AvgIpc) is 2.73. The minimum Gasteiger partial charge on any atom is -0.368 e. The highest BCUT2D eigenvalue weighted by Gasteiger charge is 2.50. The Morgan fingerprint density at radius 1 is 0.857 bits per heavy atom. The van der Waals surface area contributed by atoms with Gasteiger partial charge in [-0.15, -0.1) is 0 Å². The third-order valence-electron chi connectivity index (χ3n) is 5.02.